The second-order valence-corrected chi connectivity index (χ2v) is 6.41. The molecule has 1 amide bonds. The lowest BCUT2D eigenvalue weighted by molar-refractivity contribution is 0.101. The highest BCUT2D eigenvalue weighted by molar-refractivity contribution is 6.30. The Balaban J connectivity index is 1.73. The zero-order chi connectivity index (χ0) is 19.5. The van der Waals surface area contributed by atoms with Gasteiger partial charge in [0, 0.05) is 16.3 Å². The van der Waals surface area contributed by atoms with Gasteiger partial charge in [0.2, 0.25) is 5.82 Å². The Labute approximate surface area is 165 Å². The molecule has 0 unspecified atom stereocenters. The minimum Gasteiger partial charge on any atom is -0.319 e. The molecule has 3 aromatic carbocycles. The van der Waals surface area contributed by atoms with Crippen molar-refractivity contribution in [3.63, 3.8) is 0 Å². The summed E-state index contributed by atoms with van der Waals surface area (Å²) < 4.78 is 14.9. The fraction of sp³-hybridized carbons (Fsp3) is 0. The largest absolute Gasteiger partial charge is 0.319 e. The maximum absolute atomic E-state index is 13.3. The van der Waals surface area contributed by atoms with Crippen LogP contribution in [0.3, 0.4) is 0 Å². The maximum atomic E-state index is 13.3. The van der Waals surface area contributed by atoms with Gasteiger partial charge >= 0.3 is 0 Å². The second-order valence-electron chi connectivity index (χ2n) is 5.97. The van der Waals surface area contributed by atoms with Crippen LogP contribution in [0.5, 0.6) is 0 Å². The topological polar surface area (TPSA) is 59.8 Å². The van der Waals surface area contributed by atoms with Gasteiger partial charge in [-0.2, -0.15) is 0 Å². The van der Waals surface area contributed by atoms with E-state index in [2.05, 4.69) is 15.4 Å². The summed E-state index contributed by atoms with van der Waals surface area (Å²) in [7, 11) is 0. The van der Waals surface area contributed by atoms with E-state index in [1.807, 2.05) is 30.3 Å². The summed E-state index contributed by atoms with van der Waals surface area (Å²) in [4.78, 5) is 17.0. The van der Waals surface area contributed by atoms with Crippen molar-refractivity contribution in [3.8, 4) is 17.1 Å². The average Bonchev–Trinajstić information content (AvgIpc) is 3.16. The van der Waals surface area contributed by atoms with Crippen LogP contribution in [0.2, 0.25) is 5.02 Å². The number of halogens is 2. The first-order valence-corrected chi connectivity index (χ1v) is 8.83. The predicted octanol–water partition coefficient (Wildman–Crippen LogP) is 4.98. The van der Waals surface area contributed by atoms with E-state index >= 15 is 0 Å². The third kappa shape index (κ3) is 3.77. The number of benzene rings is 3. The number of carbonyl (C=O) groups is 1. The number of para-hydroxylation sites is 1. The molecule has 0 radical (unpaired) electrons. The molecule has 0 atom stereocenters. The highest BCUT2D eigenvalue weighted by atomic mass is 35.5. The van der Waals surface area contributed by atoms with Gasteiger partial charge in [-0.15, -0.1) is 5.10 Å². The van der Waals surface area contributed by atoms with Gasteiger partial charge in [-0.05, 0) is 60.7 Å². The standard InChI is InChI=1S/C21H14ClFN4O/c22-15-8-12-17(13-9-15)24-21(28)19-25-20(14-6-10-16(23)11-7-14)27(26-19)18-4-2-1-3-5-18/h1-13H,(H,24,28). The quantitative estimate of drug-likeness (QED) is 0.533. The number of aromatic nitrogens is 3. The fourth-order valence-corrected chi connectivity index (χ4v) is 2.79. The normalized spacial score (nSPS) is 10.6. The van der Waals surface area contributed by atoms with Crippen molar-refractivity contribution in [1.29, 1.82) is 0 Å². The molecule has 1 N–H and O–H groups in total. The smallest absolute Gasteiger partial charge is 0.295 e. The Morgan fingerprint density at radius 1 is 0.929 bits per heavy atom. The molecule has 1 heterocycles. The molecular weight excluding hydrogens is 379 g/mol. The SMILES string of the molecule is O=C(Nc1ccc(Cl)cc1)c1nc(-c2ccc(F)cc2)n(-c2ccccc2)n1. The van der Waals surface area contributed by atoms with Crippen LogP contribution >= 0.6 is 11.6 Å². The average molecular weight is 393 g/mol. The van der Waals surface area contributed by atoms with Gasteiger partial charge in [0.05, 0.1) is 5.69 Å². The van der Waals surface area contributed by atoms with Crippen LogP contribution in [-0.2, 0) is 0 Å². The molecule has 0 aliphatic heterocycles. The van der Waals surface area contributed by atoms with Crippen molar-refractivity contribution in [2.75, 3.05) is 5.32 Å². The van der Waals surface area contributed by atoms with Crippen LogP contribution in [-0.4, -0.2) is 20.7 Å². The minimum absolute atomic E-state index is 0.00173. The summed E-state index contributed by atoms with van der Waals surface area (Å²) >= 11 is 5.87. The molecule has 0 bridgehead atoms. The number of nitrogens with one attached hydrogen (secondary N) is 1. The van der Waals surface area contributed by atoms with Gasteiger partial charge in [0.1, 0.15) is 5.82 Å². The van der Waals surface area contributed by atoms with E-state index in [0.717, 1.165) is 5.69 Å². The number of amides is 1. The van der Waals surface area contributed by atoms with E-state index in [1.165, 1.54) is 12.1 Å². The fourth-order valence-electron chi connectivity index (χ4n) is 2.66. The first-order chi connectivity index (χ1) is 13.6. The highest BCUT2D eigenvalue weighted by Crippen LogP contribution is 2.22. The number of nitrogens with zero attached hydrogens (tertiary/aromatic N) is 3. The van der Waals surface area contributed by atoms with Gasteiger partial charge in [-0.3, -0.25) is 4.79 Å². The molecule has 138 valence electrons. The number of hydrogen-bond acceptors (Lipinski definition) is 3. The van der Waals surface area contributed by atoms with E-state index in [9.17, 15) is 9.18 Å². The first kappa shape index (κ1) is 17.9. The van der Waals surface area contributed by atoms with Crippen molar-refractivity contribution in [2.24, 2.45) is 0 Å². The molecule has 0 saturated carbocycles. The third-order valence-corrected chi connectivity index (χ3v) is 4.27. The molecule has 0 fully saturated rings. The molecule has 7 heteroatoms. The van der Waals surface area contributed by atoms with Gasteiger partial charge in [0.25, 0.3) is 5.91 Å². The Morgan fingerprint density at radius 3 is 2.29 bits per heavy atom. The molecular formula is C21H14ClFN4O. The lowest BCUT2D eigenvalue weighted by Gasteiger charge is -2.05. The Morgan fingerprint density at radius 2 is 1.61 bits per heavy atom. The van der Waals surface area contributed by atoms with Crippen molar-refractivity contribution in [3.05, 3.63) is 95.5 Å². The van der Waals surface area contributed by atoms with Crippen LogP contribution in [0.4, 0.5) is 10.1 Å². The zero-order valence-corrected chi connectivity index (χ0v) is 15.3. The monoisotopic (exact) mass is 392 g/mol. The van der Waals surface area contributed by atoms with Gasteiger partial charge in [-0.25, -0.2) is 14.1 Å². The van der Waals surface area contributed by atoms with Crippen LogP contribution in [0, 0.1) is 5.82 Å². The number of carbonyl (C=O) groups excluding carboxylic acids is 1. The zero-order valence-electron chi connectivity index (χ0n) is 14.5. The van der Waals surface area contributed by atoms with Gasteiger partial charge in [-0.1, -0.05) is 29.8 Å². The Hall–Kier alpha value is -3.51. The number of hydrogen-bond donors (Lipinski definition) is 1. The summed E-state index contributed by atoms with van der Waals surface area (Å²) in [6.07, 6.45) is 0. The molecule has 4 aromatic rings. The number of rotatable bonds is 4. The first-order valence-electron chi connectivity index (χ1n) is 8.45. The number of anilines is 1. The third-order valence-electron chi connectivity index (χ3n) is 4.02. The van der Waals surface area contributed by atoms with E-state index in [-0.39, 0.29) is 11.6 Å². The van der Waals surface area contributed by atoms with Crippen molar-refractivity contribution < 1.29 is 9.18 Å². The predicted molar refractivity (Wildman–Crippen MR) is 106 cm³/mol. The van der Waals surface area contributed by atoms with E-state index in [0.29, 0.717) is 22.1 Å². The summed E-state index contributed by atoms with van der Waals surface area (Å²) in [6.45, 7) is 0. The molecule has 0 spiro atoms. The molecule has 0 aliphatic carbocycles. The van der Waals surface area contributed by atoms with Crippen molar-refractivity contribution >= 4 is 23.2 Å². The van der Waals surface area contributed by atoms with Gasteiger partial charge < -0.3 is 5.32 Å². The molecule has 5 nitrogen and oxygen atoms in total. The van der Waals surface area contributed by atoms with Crippen molar-refractivity contribution in [2.45, 2.75) is 0 Å². The van der Waals surface area contributed by atoms with Crippen LogP contribution in [0.1, 0.15) is 10.6 Å². The summed E-state index contributed by atoms with van der Waals surface area (Å²) in [6, 6.07) is 21.9. The van der Waals surface area contributed by atoms with E-state index < -0.39 is 5.91 Å². The molecule has 0 saturated heterocycles. The molecule has 1 aromatic heterocycles. The van der Waals surface area contributed by atoms with Gasteiger partial charge in [0.15, 0.2) is 5.82 Å². The van der Waals surface area contributed by atoms with Crippen LogP contribution < -0.4 is 5.32 Å². The van der Waals surface area contributed by atoms with Crippen molar-refractivity contribution in [1.82, 2.24) is 14.8 Å². The molecule has 28 heavy (non-hydrogen) atoms. The molecule has 0 aliphatic rings. The summed E-state index contributed by atoms with van der Waals surface area (Å²) in [5.41, 5.74) is 1.96. The Bertz CT molecular complexity index is 1110. The highest BCUT2D eigenvalue weighted by Gasteiger charge is 2.19. The maximum Gasteiger partial charge on any atom is 0.295 e. The Kier molecular flexibility index (Phi) is 4.87. The van der Waals surface area contributed by atoms with Crippen LogP contribution in [0.15, 0.2) is 78.9 Å². The second kappa shape index (κ2) is 7.62. The van der Waals surface area contributed by atoms with E-state index in [1.54, 1.807) is 41.1 Å². The lowest BCUT2D eigenvalue weighted by Crippen LogP contribution is -2.14. The lowest BCUT2D eigenvalue weighted by atomic mass is 10.2. The summed E-state index contributed by atoms with van der Waals surface area (Å²) in [5, 5.41) is 7.68. The summed E-state index contributed by atoms with van der Waals surface area (Å²) in [5.74, 6) is -0.374. The minimum atomic E-state index is -0.458. The molecule has 4 rings (SSSR count). The van der Waals surface area contributed by atoms with Crippen LogP contribution in [0.25, 0.3) is 17.1 Å². The van der Waals surface area contributed by atoms with E-state index in [4.69, 9.17) is 11.6 Å².